The van der Waals surface area contributed by atoms with Crippen molar-refractivity contribution in [3.63, 3.8) is 0 Å². The first kappa shape index (κ1) is 13.4. The van der Waals surface area contributed by atoms with Gasteiger partial charge in [-0.1, -0.05) is 20.3 Å². The van der Waals surface area contributed by atoms with Crippen molar-refractivity contribution in [3.8, 4) is 0 Å². The summed E-state index contributed by atoms with van der Waals surface area (Å²) in [5.74, 6) is 0.521. The number of hydrogen-bond donors (Lipinski definition) is 2. The third-order valence-corrected chi connectivity index (χ3v) is 2.19. The van der Waals surface area contributed by atoms with Crippen LogP contribution in [0.1, 0.15) is 32.4 Å². The summed E-state index contributed by atoms with van der Waals surface area (Å²) in [4.78, 5) is 4.39. The van der Waals surface area contributed by atoms with Crippen molar-refractivity contribution in [2.45, 2.75) is 33.1 Å². The van der Waals surface area contributed by atoms with Crippen LogP contribution in [0, 0.1) is 0 Å². The molecule has 5 heteroatoms. The molecular formula is C12H21N5. The Morgan fingerprint density at radius 3 is 2.53 bits per heavy atom. The quantitative estimate of drug-likeness (QED) is 0.847. The maximum atomic E-state index is 5.55. The van der Waals surface area contributed by atoms with Gasteiger partial charge >= 0.3 is 0 Å². The SMILES string of the molecule is CCCN.CCCc1cn2nc(N)ccc2n1. The minimum atomic E-state index is 0.521. The Morgan fingerprint density at radius 1 is 1.24 bits per heavy atom. The number of aryl methyl sites for hydroxylation is 1. The van der Waals surface area contributed by atoms with Crippen LogP contribution in [0.2, 0.25) is 0 Å². The maximum absolute atomic E-state index is 5.55. The highest BCUT2D eigenvalue weighted by atomic mass is 15.3. The topological polar surface area (TPSA) is 82.2 Å². The molecule has 0 unspecified atom stereocenters. The van der Waals surface area contributed by atoms with E-state index in [0.717, 1.165) is 37.1 Å². The fraction of sp³-hybridized carbons (Fsp3) is 0.500. The van der Waals surface area contributed by atoms with Gasteiger partial charge in [0.25, 0.3) is 0 Å². The van der Waals surface area contributed by atoms with Gasteiger partial charge in [-0.15, -0.1) is 5.10 Å². The minimum Gasteiger partial charge on any atom is -0.382 e. The van der Waals surface area contributed by atoms with Crippen molar-refractivity contribution in [2.24, 2.45) is 5.73 Å². The van der Waals surface area contributed by atoms with Gasteiger partial charge in [-0.25, -0.2) is 9.50 Å². The Bertz CT molecular complexity index is 447. The number of nitrogens with two attached hydrogens (primary N) is 2. The largest absolute Gasteiger partial charge is 0.382 e. The Morgan fingerprint density at radius 2 is 1.94 bits per heavy atom. The Kier molecular flexibility index (Phi) is 5.42. The van der Waals surface area contributed by atoms with E-state index in [1.807, 2.05) is 12.3 Å². The normalized spacial score (nSPS) is 10.1. The summed E-state index contributed by atoms with van der Waals surface area (Å²) < 4.78 is 1.72. The first-order chi connectivity index (χ1) is 8.21. The van der Waals surface area contributed by atoms with Crippen molar-refractivity contribution in [1.29, 1.82) is 0 Å². The van der Waals surface area contributed by atoms with Gasteiger partial charge in [0.05, 0.1) is 11.9 Å². The zero-order chi connectivity index (χ0) is 12.7. The number of nitrogens with zero attached hydrogens (tertiary/aromatic N) is 3. The number of nitrogen functional groups attached to an aromatic ring is 1. The van der Waals surface area contributed by atoms with Gasteiger partial charge in [-0.05, 0) is 31.5 Å². The Balaban J connectivity index is 0.000000317. The fourth-order valence-electron chi connectivity index (χ4n) is 1.32. The number of hydrogen-bond acceptors (Lipinski definition) is 4. The summed E-state index contributed by atoms with van der Waals surface area (Å²) in [7, 11) is 0. The van der Waals surface area contributed by atoms with Gasteiger partial charge in [0.2, 0.25) is 0 Å². The summed E-state index contributed by atoms with van der Waals surface area (Å²) in [6, 6.07) is 3.64. The lowest BCUT2D eigenvalue weighted by atomic mass is 10.3. The zero-order valence-corrected chi connectivity index (χ0v) is 10.6. The van der Waals surface area contributed by atoms with Gasteiger partial charge in [-0.3, -0.25) is 0 Å². The predicted octanol–water partition coefficient (Wildman–Crippen LogP) is 1.62. The van der Waals surface area contributed by atoms with Crippen molar-refractivity contribution >= 4 is 11.5 Å². The van der Waals surface area contributed by atoms with E-state index in [1.54, 1.807) is 10.6 Å². The molecule has 0 radical (unpaired) electrons. The van der Waals surface area contributed by atoms with Crippen LogP contribution in [0.3, 0.4) is 0 Å². The molecule has 0 bridgehead atoms. The summed E-state index contributed by atoms with van der Waals surface area (Å²) in [5, 5.41) is 4.11. The lowest BCUT2D eigenvalue weighted by Gasteiger charge is -1.91. The molecule has 2 aromatic rings. The number of fused-ring (bicyclic) bond motifs is 1. The van der Waals surface area contributed by atoms with Crippen molar-refractivity contribution in [2.75, 3.05) is 12.3 Å². The fourth-order valence-corrected chi connectivity index (χ4v) is 1.32. The number of rotatable bonds is 3. The highest BCUT2D eigenvalue weighted by molar-refractivity contribution is 5.42. The highest BCUT2D eigenvalue weighted by Crippen LogP contribution is 2.06. The van der Waals surface area contributed by atoms with Crippen LogP contribution in [-0.4, -0.2) is 21.1 Å². The number of aromatic nitrogens is 3. The van der Waals surface area contributed by atoms with Crippen molar-refractivity contribution in [1.82, 2.24) is 14.6 Å². The summed E-state index contributed by atoms with van der Waals surface area (Å²) >= 11 is 0. The van der Waals surface area contributed by atoms with Crippen LogP contribution in [0.25, 0.3) is 5.65 Å². The maximum Gasteiger partial charge on any atom is 0.153 e. The average Bonchev–Trinajstić information content (AvgIpc) is 2.71. The van der Waals surface area contributed by atoms with E-state index in [2.05, 4.69) is 23.9 Å². The minimum absolute atomic E-state index is 0.521. The van der Waals surface area contributed by atoms with Gasteiger partial charge in [0.15, 0.2) is 5.65 Å². The summed E-state index contributed by atoms with van der Waals surface area (Å²) in [6.07, 6.45) is 5.11. The monoisotopic (exact) mass is 235 g/mol. The van der Waals surface area contributed by atoms with Crippen molar-refractivity contribution in [3.05, 3.63) is 24.0 Å². The molecule has 17 heavy (non-hydrogen) atoms. The predicted molar refractivity (Wildman–Crippen MR) is 70.7 cm³/mol. The molecule has 0 aliphatic heterocycles. The zero-order valence-electron chi connectivity index (χ0n) is 10.6. The first-order valence-electron chi connectivity index (χ1n) is 6.02. The Hall–Kier alpha value is -1.62. The molecule has 0 spiro atoms. The van der Waals surface area contributed by atoms with Gasteiger partial charge < -0.3 is 11.5 Å². The second kappa shape index (κ2) is 6.85. The smallest absolute Gasteiger partial charge is 0.153 e. The molecule has 0 saturated heterocycles. The molecule has 0 aliphatic rings. The van der Waals surface area contributed by atoms with Crippen LogP contribution in [0.5, 0.6) is 0 Å². The van der Waals surface area contributed by atoms with E-state index in [0.29, 0.717) is 5.82 Å². The molecule has 0 fully saturated rings. The van der Waals surface area contributed by atoms with E-state index in [1.165, 1.54) is 0 Å². The van der Waals surface area contributed by atoms with E-state index in [4.69, 9.17) is 11.5 Å². The standard InChI is InChI=1S/C9H12N4.C3H9N/c1-2-3-7-6-13-9(11-7)5-4-8(10)12-13;1-2-3-4/h4-6H,2-3H2,1H3,(H2,10,12);2-4H2,1H3. The van der Waals surface area contributed by atoms with Crippen LogP contribution in [-0.2, 0) is 6.42 Å². The van der Waals surface area contributed by atoms with Crippen LogP contribution < -0.4 is 11.5 Å². The second-order valence-corrected chi connectivity index (χ2v) is 3.83. The third kappa shape index (κ3) is 4.03. The average molecular weight is 235 g/mol. The molecule has 94 valence electrons. The lowest BCUT2D eigenvalue weighted by Crippen LogP contribution is -1.95. The molecule has 0 saturated carbocycles. The molecule has 2 aromatic heterocycles. The van der Waals surface area contributed by atoms with E-state index < -0.39 is 0 Å². The Labute approximate surface area is 102 Å². The number of anilines is 1. The molecule has 2 rings (SSSR count). The van der Waals surface area contributed by atoms with Crippen LogP contribution >= 0.6 is 0 Å². The molecule has 0 atom stereocenters. The summed E-state index contributed by atoms with van der Waals surface area (Å²) in [6.45, 7) is 5.01. The molecule has 2 heterocycles. The highest BCUT2D eigenvalue weighted by Gasteiger charge is 2.00. The van der Waals surface area contributed by atoms with Gasteiger partial charge in [0.1, 0.15) is 5.82 Å². The van der Waals surface area contributed by atoms with E-state index in [-0.39, 0.29) is 0 Å². The molecule has 0 aromatic carbocycles. The van der Waals surface area contributed by atoms with Crippen LogP contribution in [0.15, 0.2) is 18.3 Å². The molecular weight excluding hydrogens is 214 g/mol. The molecule has 0 amide bonds. The molecule has 0 aliphatic carbocycles. The third-order valence-electron chi connectivity index (χ3n) is 2.19. The van der Waals surface area contributed by atoms with Crippen LogP contribution in [0.4, 0.5) is 5.82 Å². The first-order valence-corrected chi connectivity index (χ1v) is 6.02. The van der Waals surface area contributed by atoms with E-state index >= 15 is 0 Å². The lowest BCUT2D eigenvalue weighted by molar-refractivity contribution is 0.886. The number of imidazole rings is 1. The van der Waals surface area contributed by atoms with Gasteiger partial charge in [-0.2, -0.15) is 0 Å². The molecule has 5 nitrogen and oxygen atoms in total. The van der Waals surface area contributed by atoms with E-state index in [9.17, 15) is 0 Å². The molecule has 4 N–H and O–H groups in total. The summed E-state index contributed by atoms with van der Waals surface area (Å²) in [5.41, 5.74) is 12.5. The second-order valence-electron chi connectivity index (χ2n) is 3.83. The van der Waals surface area contributed by atoms with Gasteiger partial charge in [0, 0.05) is 0 Å². The van der Waals surface area contributed by atoms with Crippen molar-refractivity contribution < 1.29 is 0 Å².